The van der Waals surface area contributed by atoms with Crippen molar-refractivity contribution >= 4 is 29.2 Å². The molecule has 1 saturated heterocycles. The van der Waals surface area contributed by atoms with Crippen LogP contribution in [0, 0.1) is 5.92 Å². The molecule has 0 saturated carbocycles. The Morgan fingerprint density at radius 2 is 1.88 bits per heavy atom. The van der Waals surface area contributed by atoms with Gasteiger partial charge in [-0.25, -0.2) is 0 Å². The average molecular weight is 442 g/mol. The van der Waals surface area contributed by atoms with Gasteiger partial charge in [0.05, 0.1) is 38.1 Å². The maximum absolute atomic E-state index is 12.5. The smallest absolute Gasteiger partial charge is 0.311 e. The predicted octanol–water partition coefficient (Wildman–Crippen LogP) is 2.64. The second kappa shape index (κ2) is 10.5. The van der Waals surface area contributed by atoms with E-state index in [4.69, 9.17) is 18.9 Å². The normalized spacial score (nSPS) is 15.3. The van der Waals surface area contributed by atoms with Crippen molar-refractivity contribution in [1.82, 2.24) is 0 Å². The molecule has 1 aliphatic heterocycles. The summed E-state index contributed by atoms with van der Waals surface area (Å²) in [4.78, 5) is 38.8. The van der Waals surface area contributed by atoms with E-state index in [0.29, 0.717) is 35.2 Å². The van der Waals surface area contributed by atoms with Crippen LogP contribution in [0.5, 0.6) is 17.2 Å². The first-order valence-electron chi connectivity index (χ1n) is 10.2. The van der Waals surface area contributed by atoms with E-state index in [-0.39, 0.29) is 18.9 Å². The van der Waals surface area contributed by atoms with E-state index in [1.807, 2.05) is 13.0 Å². The molecule has 1 N–H and O–H groups in total. The second-order valence-electron chi connectivity index (χ2n) is 7.03. The monoisotopic (exact) mass is 442 g/mol. The summed E-state index contributed by atoms with van der Waals surface area (Å²) in [5.41, 5.74) is 1.00. The molecule has 1 fully saturated rings. The Kier molecular flexibility index (Phi) is 7.54. The quantitative estimate of drug-likeness (QED) is 0.596. The first-order valence-corrected chi connectivity index (χ1v) is 10.2. The van der Waals surface area contributed by atoms with Crippen LogP contribution in [0.2, 0.25) is 0 Å². The predicted molar refractivity (Wildman–Crippen MR) is 117 cm³/mol. The SMILES string of the molecule is CCOc1ccccc1N1C[C@H](C(=O)OCC(=O)Nc2cc(OC)ccc2OC)CC1=O. The standard InChI is InChI=1S/C23H26N2O7/c1-4-31-20-8-6-5-7-18(20)25-13-15(11-22(25)27)23(28)32-14-21(26)24-17-12-16(29-2)9-10-19(17)30-3/h5-10,12,15H,4,11,13-14H2,1-3H3,(H,24,26)/t15-/m1/s1. The Morgan fingerprint density at radius 3 is 2.59 bits per heavy atom. The van der Waals surface area contributed by atoms with Gasteiger partial charge in [-0.3, -0.25) is 14.4 Å². The molecule has 9 heteroatoms. The molecule has 0 bridgehead atoms. The molecule has 0 aromatic heterocycles. The number of amides is 2. The van der Waals surface area contributed by atoms with Crippen LogP contribution in [0.15, 0.2) is 42.5 Å². The number of hydrogen-bond donors (Lipinski definition) is 1. The Bertz CT molecular complexity index is 992. The summed E-state index contributed by atoms with van der Waals surface area (Å²) in [7, 11) is 2.98. The van der Waals surface area contributed by atoms with Crippen molar-refractivity contribution in [2.24, 2.45) is 5.92 Å². The minimum atomic E-state index is -0.670. The highest BCUT2D eigenvalue weighted by Crippen LogP contribution is 2.33. The fourth-order valence-electron chi connectivity index (χ4n) is 3.41. The lowest BCUT2D eigenvalue weighted by Gasteiger charge is -2.20. The van der Waals surface area contributed by atoms with Crippen molar-refractivity contribution in [1.29, 1.82) is 0 Å². The highest BCUT2D eigenvalue weighted by atomic mass is 16.5. The second-order valence-corrected chi connectivity index (χ2v) is 7.03. The van der Waals surface area contributed by atoms with E-state index in [1.165, 1.54) is 19.1 Å². The number of methoxy groups -OCH3 is 2. The molecule has 0 unspecified atom stereocenters. The van der Waals surface area contributed by atoms with Crippen LogP contribution in [-0.4, -0.2) is 51.8 Å². The summed E-state index contributed by atoms with van der Waals surface area (Å²) < 4.78 is 21.1. The molecule has 3 rings (SSSR count). The Morgan fingerprint density at radius 1 is 1.09 bits per heavy atom. The summed E-state index contributed by atoms with van der Waals surface area (Å²) in [6, 6.07) is 12.1. The number of carbonyl (C=O) groups is 3. The molecular weight excluding hydrogens is 416 g/mol. The van der Waals surface area contributed by atoms with Gasteiger partial charge in [-0.1, -0.05) is 12.1 Å². The van der Waals surface area contributed by atoms with Crippen molar-refractivity contribution in [2.75, 3.05) is 44.2 Å². The number of nitrogens with zero attached hydrogens (tertiary/aromatic N) is 1. The topological polar surface area (TPSA) is 103 Å². The largest absolute Gasteiger partial charge is 0.497 e. The first-order chi connectivity index (χ1) is 15.5. The summed E-state index contributed by atoms with van der Waals surface area (Å²) in [6.07, 6.45) is 0.00458. The van der Waals surface area contributed by atoms with E-state index in [9.17, 15) is 14.4 Å². The average Bonchev–Trinajstić information content (AvgIpc) is 3.19. The molecule has 9 nitrogen and oxygen atoms in total. The molecule has 1 aliphatic rings. The van der Waals surface area contributed by atoms with Crippen LogP contribution in [0.25, 0.3) is 0 Å². The van der Waals surface area contributed by atoms with Gasteiger partial charge < -0.3 is 29.2 Å². The van der Waals surface area contributed by atoms with E-state index >= 15 is 0 Å². The summed E-state index contributed by atoms with van der Waals surface area (Å²) >= 11 is 0. The number of ether oxygens (including phenoxy) is 4. The van der Waals surface area contributed by atoms with E-state index in [0.717, 1.165) is 0 Å². The molecule has 0 spiro atoms. The lowest BCUT2D eigenvalue weighted by molar-refractivity contribution is -0.151. The fraction of sp³-hybridized carbons (Fsp3) is 0.348. The van der Waals surface area contributed by atoms with Crippen LogP contribution in [0.4, 0.5) is 11.4 Å². The van der Waals surface area contributed by atoms with Crippen molar-refractivity contribution in [2.45, 2.75) is 13.3 Å². The highest BCUT2D eigenvalue weighted by Gasteiger charge is 2.37. The van der Waals surface area contributed by atoms with Gasteiger partial charge in [0.25, 0.3) is 5.91 Å². The van der Waals surface area contributed by atoms with Crippen molar-refractivity contribution in [3.63, 3.8) is 0 Å². The number of rotatable bonds is 9. The van der Waals surface area contributed by atoms with Crippen molar-refractivity contribution < 1.29 is 33.3 Å². The lowest BCUT2D eigenvalue weighted by Crippen LogP contribution is -2.28. The van der Waals surface area contributed by atoms with Crippen molar-refractivity contribution in [3.05, 3.63) is 42.5 Å². The molecule has 0 aliphatic carbocycles. The third-order valence-electron chi connectivity index (χ3n) is 4.94. The molecule has 2 aromatic carbocycles. The third-order valence-corrected chi connectivity index (χ3v) is 4.94. The lowest BCUT2D eigenvalue weighted by atomic mass is 10.1. The van der Waals surface area contributed by atoms with Gasteiger partial charge in [0, 0.05) is 19.0 Å². The molecule has 1 heterocycles. The number of esters is 1. The maximum Gasteiger partial charge on any atom is 0.311 e. The zero-order valence-electron chi connectivity index (χ0n) is 18.3. The van der Waals surface area contributed by atoms with Crippen molar-refractivity contribution in [3.8, 4) is 17.2 Å². The van der Waals surface area contributed by atoms with Gasteiger partial charge in [0.1, 0.15) is 17.2 Å². The number of anilines is 2. The fourth-order valence-corrected chi connectivity index (χ4v) is 3.41. The van der Waals surface area contributed by atoms with Gasteiger partial charge >= 0.3 is 5.97 Å². The van der Waals surface area contributed by atoms with Gasteiger partial charge in [0.15, 0.2) is 6.61 Å². The molecule has 170 valence electrons. The van der Waals surface area contributed by atoms with Gasteiger partial charge in [-0.15, -0.1) is 0 Å². The molecule has 2 aromatic rings. The zero-order chi connectivity index (χ0) is 23.1. The molecular formula is C23H26N2O7. The summed E-state index contributed by atoms with van der Waals surface area (Å²) in [6.45, 7) is 1.99. The van der Waals surface area contributed by atoms with E-state index in [1.54, 1.807) is 36.4 Å². The van der Waals surface area contributed by atoms with E-state index in [2.05, 4.69) is 5.32 Å². The highest BCUT2D eigenvalue weighted by molar-refractivity contribution is 6.01. The van der Waals surface area contributed by atoms with Gasteiger partial charge in [0.2, 0.25) is 5.91 Å². The number of hydrogen-bond acceptors (Lipinski definition) is 7. The Hall–Kier alpha value is -3.75. The minimum absolute atomic E-state index is 0.00458. The molecule has 2 amide bonds. The van der Waals surface area contributed by atoms with E-state index < -0.39 is 24.4 Å². The number of nitrogens with one attached hydrogen (secondary N) is 1. The van der Waals surface area contributed by atoms with Crippen LogP contribution in [0.3, 0.4) is 0 Å². The van der Waals surface area contributed by atoms with Crippen LogP contribution in [0.1, 0.15) is 13.3 Å². The van der Waals surface area contributed by atoms with Crippen LogP contribution < -0.4 is 24.4 Å². The van der Waals surface area contributed by atoms with Crippen LogP contribution in [-0.2, 0) is 19.1 Å². The maximum atomic E-state index is 12.5. The van der Waals surface area contributed by atoms with Gasteiger partial charge in [-0.2, -0.15) is 0 Å². The number of benzene rings is 2. The number of para-hydroxylation sites is 2. The Balaban J connectivity index is 1.58. The minimum Gasteiger partial charge on any atom is -0.497 e. The molecule has 32 heavy (non-hydrogen) atoms. The molecule has 1 atom stereocenters. The van der Waals surface area contributed by atoms with Crippen LogP contribution >= 0.6 is 0 Å². The molecule has 0 radical (unpaired) electrons. The van der Waals surface area contributed by atoms with Gasteiger partial charge in [-0.05, 0) is 31.2 Å². The summed E-state index contributed by atoms with van der Waals surface area (Å²) in [5.74, 6) is -0.467. The third kappa shape index (κ3) is 5.29. The Labute approximate surface area is 186 Å². The first kappa shape index (κ1) is 22.9. The number of carbonyl (C=O) groups excluding carboxylic acids is 3. The zero-order valence-corrected chi connectivity index (χ0v) is 18.3. The summed E-state index contributed by atoms with van der Waals surface area (Å²) in [5, 5.41) is 2.63.